The zero-order valence-corrected chi connectivity index (χ0v) is 18.5. The normalized spacial score (nSPS) is 11.1. The van der Waals surface area contributed by atoms with Gasteiger partial charge < -0.3 is 10.2 Å². The van der Waals surface area contributed by atoms with Crippen LogP contribution in [0.5, 0.6) is 0 Å². The highest BCUT2D eigenvalue weighted by Gasteiger charge is 2.19. The van der Waals surface area contributed by atoms with E-state index in [2.05, 4.69) is 34.4 Å². The van der Waals surface area contributed by atoms with Gasteiger partial charge in [-0.1, -0.05) is 30.3 Å². The maximum atomic E-state index is 14.3. The van der Waals surface area contributed by atoms with Crippen LogP contribution in [0.25, 0.3) is 21.5 Å². The first-order chi connectivity index (χ1) is 15.1. The summed E-state index contributed by atoms with van der Waals surface area (Å²) < 4.78 is 16.0. The molecule has 0 unspecified atom stereocenters. The first-order valence-corrected chi connectivity index (χ1v) is 11.2. The van der Waals surface area contributed by atoms with E-state index >= 15 is 0 Å². The van der Waals surface area contributed by atoms with Gasteiger partial charge in [-0.15, -0.1) is 11.3 Å². The summed E-state index contributed by atoms with van der Waals surface area (Å²) in [6.07, 6.45) is 0.849. The van der Waals surface area contributed by atoms with Gasteiger partial charge in [0.05, 0.1) is 4.88 Å². The molecule has 0 spiro atoms. The third-order valence-corrected chi connectivity index (χ3v) is 6.46. The third kappa shape index (κ3) is 4.46. The number of anilines is 1. The first-order valence-electron chi connectivity index (χ1n) is 10.4. The average molecular weight is 437 g/mol. The molecule has 0 aliphatic rings. The highest BCUT2D eigenvalue weighted by molar-refractivity contribution is 7.20. The van der Waals surface area contributed by atoms with Crippen molar-refractivity contribution in [1.82, 2.24) is 15.1 Å². The van der Waals surface area contributed by atoms with E-state index in [1.807, 2.05) is 31.3 Å². The van der Waals surface area contributed by atoms with Gasteiger partial charge in [-0.05, 0) is 43.7 Å². The van der Waals surface area contributed by atoms with Crippen molar-refractivity contribution in [3.63, 3.8) is 0 Å². The molecule has 0 radical (unpaired) electrons. The summed E-state index contributed by atoms with van der Waals surface area (Å²) in [5.74, 6) is -0.429. The van der Waals surface area contributed by atoms with Crippen molar-refractivity contribution in [2.24, 2.45) is 7.05 Å². The van der Waals surface area contributed by atoms with Crippen molar-refractivity contribution < 1.29 is 9.18 Å². The zero-order valence-electron chi connectivity index (χ0n) is 17.6. The van der Waals surface area contributed by atoms with E-state index in [1.54, 1.807) is 22.9 Å². The second-order valence-corrected chi connectivity index (χ2v) is 8.34. The third-order valence-electron chi connectivity index (χ3n) is 5.26. The molecule has 0 fully saturated rings. The number of carbonyl (C=O) groups is 1. The fraction of sp³-hybridized carbons (Fsp3) is 0.250. The lowest BCUT2D eigenvalue weighted by Crippen LogP contribution is -2.29. The van der Waals surface area contributed by atoms with Gasteiger partial charge in [0.1, 0.15) is 16.3 Å². The van der Waals surface area contributed by atoms with Gasteiger partial charge in [0, 0.05) is 43.3 Å². The fourth-order valence-corrected chi connectivity index (χ4v) is 4.66. The molecule has 160 valence electrons. The number of nitrogens with zero attached hydrogens (tertiary/aromatic N) is 3. The molecule has 5 nitrogen and oxygen atoms in total. The van der Waals surface area contributed by atoms with Gasteiger partial charge in [0.15, 0.2) is 0 Å². The minimum absolute atomic E-state index is 0.108. The molecule has 1 N–H and O–H groups in total. The van der Waals surface area contributed by atoms with Crippen LogP contribution in [0, 0.1) is 5.82 Å². The topological polar surface area (TPSA) is 50.2 Å². The molecule has 31 heavy (non-hydrogen) atoms. The molecule has 2 heterocycles. The number of halogens is 1. The standard InChI is InChI=1S/C24H25FN4OS/c1-3-29(17-10-5-4-6-11-17)15-9-14-26-23(30)21-16-19-22(27-28(2)24(19)31-21)18-12-7-8-13-20(18)25/h4-8,10-13,16H,3,9,14-15H2,1-2H3,(H,26,30). The minimum atomic E-state index is -0.321. The summed E-state index contributed by atoms with van der Waals surface area (Å²) in [5.41, 5.74) is 2.19. The number of hydrogen-bond acceptors (Lipinski definition) is 4. The van der Waals surface area contributed by atoms with E-state index in [1.165, 1.54) is 23.1 Å². The summed E-state index contributed by atoms with van der Waals surface area (Å²) in [7, 11) is 1.81. The number of para-hydroxylation sites is 1. The summed E-state index contributed by atoms with van der Waals surface area (Å²) in [5, 5.41) is 8.27. The Bertz CT molecular complexity index is 1180. The van der Waals surface area contributed by atoms with Crippen LogP contribution in [0.4, 0.5) is 10.1 Å². The van der Waals surface area contributed by atoms with Crippen molar-refractivity contribution in [2.75, 3.05) is 24.5 Å². The molecule has 2 aromatic carbocycles. The Hall–Kier alpha value is -3.19. The number of hydrogen-bond donors (Lipinski definition) is 1. The Morgan fingerprint density at radius 2 is 1.90 bits per heavy atom. The number of nitrogens with one attached hydrogen (secondary N) is 1. The van der Waals surface area contributed by atoms with E-state index in [-0.39, 0.29) is 11.7 Å². The maximum Gasteiger partial charge on any atom is 0.261 e. The quantitative estimate of drug-likeness (QED) is 0.392. The molecule has 0 saturated carbocycles. The predicted molar refractivity (Wildman–Crippen MR) is 125 cm³/mol. The molecule has 4 rings (SSSR count). The molecule has 0 atom stereocenters. The lowest BCUT2D eigenvalue weighted by atomic mass is 10.1. The number of amides is 1. The van der Waals surface area contributed by atoms with Crippen LogP contribution in [0.1, 0.15) is 23.0 Å². The second-order valence-electron chi connectivity index (χ2n) is 7.31. The Labute approximate surface area is 185 Å². The minimum Gasteiger partial charge on any atom is -0.372 e. The molecule has 0 aliphatic carbocycles. The predicted octanol–water partition coefficient (Wildman–Crippen LogP) is 5.09. The molecule has 4 aromatic rings. The van der Waals surface area contributed by atoms with Crippen LogP contribution in [0.2, 0.25) is 0 Å². The number of carbonyl (C=O) groups excluding carboxylic acids is 1. The highest BCUT2D eigenvalue weighted by Crippen LogP contribution is 2.34. The molecule has 2 aromatic heterocycles. The van der Waals surface area contributed by atoms with E-state index in [0.29, 0.717) is 22.7 Å². The SMILES string of the molecule is CCN(CCCNC(=O)c1cc2c(-c3ccccc3F)nn(C)c2s1)c1ccccc1. The number of aryl methyl sites for hydroxylation is 1. The van der Waals surface area contributed by atoms with Crippen LogP contribution >= 0.6 is 11.3 Å². The fourth-order valence-electron chi connectivity index (χ4n) is 3.67. The Kier molecular flexibility index (Phi) is 6.32. The van der Waals surface area contributed by atoms with Gasteiger partial charge in [-0.25, -0.2) is 4.39 Å². The lowest BCUT2D eigenvalue weighted by molar-refractivity contribution is 0.0957. The van der Waals surface area contributed by atoms with E-state index < -0.39 is 0 Å². The molecule has 0 saturated heterocycles. The van der Waals surface area contributed by atoms with Crippen LogP contribution in [0.3, 0.4) is 0 Å². The summed E-state index contributed by atoms with van der Waals surface area (Å²) in [4.78, 5) is 16.5. The summed E-state index contributed by atoms with van der Waals surface area (Å²) in [6, 6.07) is 18.7. The van der Waals surface area contributed by atoms with Gasteiger partial charge in [-0.2, -0.15) is 5.10 Å². The van der Waals surface area contributed by atoms with E-state index in [0.717, 1.165) is 29.7 Å². The Morgan fingerprint density at radius 1 is 1.16 bits per heavy atom. The monoisotopic (exact) mass is 436 g/mol. The molecular formula is C24H25FN4OS. The van der Waals surface area contributed by atoms with Crippen LogP contribution in [-0.2, 0) is 7.05 Å². The van der Waals surface area contributed by atoms with Crippen molar-refractivity contribution >= 4 is 33.1 Å². The van der Waals surface area contributed by atoms with Crippen LogP contribution in [-0.4, -0.2) is 35.3 Å². The Morgan fingerprint density at radius 3 is 2.65 bits per heavy atom. The van der Waals surface area contributed by atoms with Gasteiger partial charge in [-0.3, -0.25) is 9.48 Å². The average Bonchev–Trinajstić information content (AvgIpc) is 3.35. The molecule has 7 heteroatoms. The summed E-state index contributed by atoms with van der Waals surface area (Å²) in [6.45, 7) is 4.51. The largest absolute Gasteiger partial charge is 0.372 e. The summed E-state index contributed by atoms with van der Waals surface area (Å²) >= 11 is 1.37. The number of aromatic nitrogens is 2. The number of benzene rings is 2. The molecule has 0 bridgehead atoms. The molecule has 1 amide bonds. The highest BCUT2D eigenvalue weighted by atomic mass is 32.1. The van der Waals surface area contributed by atoms with Gasteiger partial charge in [0.2, 0.25) is 0 Å². The van der Waals surface area contributed by atoms with Crippen molar-refractivity contribution in [3.05, 3.63) is 71.4 Å². The number of thiophene rings is 1. The Balaban J connectivity index is 1.42. The van der Waals surface area contributed by atoms with Gasteiger partial charge >= 0.3 is 0 Å². The van der Waals surface area contributed by atoms with E-state index in [4.69, 9.17) is 0 Å². The zero-order chi connectivity index (χ0) is 21.8. The van der Waals surface area contributed by atoms with Crippen LogP contribution < -0.4 is 10.2 Å². The van der Waals surface area contributed by atoms with Crippen molar-refractivity contribution in [2.45, 2.75) is 13.3 Å². The van der Waals surface area contributed by atoms with Crippen molar-refractivity contribution in [3.8, 4) is 11.3 Å². The van der Waals surface area contributed by atoms with Gasteiger partial charge in [0.25, 0.3) is 5.91 Å². The molecular weight excluding hydrogens is 411 g/mol. The second kappa shape index (κ2) is 9.31. The maximum absolute atomic E-state index is 14.3. The molecule has 0 aliphatic heterocycles. The first kappa shape index (κ1) is 21.1. The smallest absolute Gasteiger partial charge is 0.261 e. The number of rotatable bonds is 8. The van der Waals surface area contributed by atoms with Crippen molar-refractivity contribution in [1.29, 1.82) is 0 Å². The lowest BCUT2D eigenvalue weighted by Gasteiger charge is -2.23. The van der Waals surface area contributed by atoms with Crippen LogP contribution in [0.15, 0.2) is 60.7 Å². The van der Waals surface area contributed by atoms with E-state index in [9.17, 15) is 9.18 Å². The number of fused-ring (bicyclic) bond motifs is 1.